The highest BCUT2D eigenvalue weighted by atomic mass is 35.5. The summed E-state index contributed by atoms with van der Waals surface area (Å²) in [6.45, 7) is 6.59. The van der Waals surface area contributed by atoms with Crippen LogP contribution in [0.4, 0.5) is 5.69 Å². The summed E-state index contributed by atoms with van der Waals surface area (Å²) >= 11 is 17.7. The molecule has 25 heavy (non-hydrogen) atoms. The number of benzene rings is 2. The molecule has 0 amide bonds. The summed E-state index contributed by atoms with van der Waals surface area (Å²) in [6.07, 6.45) is 2.07. The first-order valence-electron chi connectivity index (χ1n) is 8.57. The summed E-state index contributed by atoms with van der Waals surface area (Å²) in [5.74, 6) is 0.579. The Morgan fingerprint density at radius 2 is 1.64 bits per heavy atom. The Bertz CT molecular complexity index is 716. The van der Waals surface area contributed by atoms with Crippen LogP contribution >= 0.6 is 35.4 Å². The van der Waals surface area contributed by atoms with Gasteiger partial charge in [-0.05, 0) is 54.2 Å². The molecule has 2 nitrogen and oxygen atoms in total. The van der Waals surface area contributed by atoms with Crippen molar-refractivity contribution < 1.29 is 0 Å². The van der Waals surface area contributed by atoms with E-state index < -0.39 is 0 Å². The van der Waals surface area contributed by atoms with E-state index in [1.807, 2.05) is 12.1 Å². The van der Waals surface area contributed by atoms with Crippen molar-refractivity contribution in [3.8, 4) is 0 Å². The third kappa shape index (κ3) is 5.34. The van der Waals surface area contributed by atoms with Crippen molar-refractivity contribution in [1.29, 1.82) is 0 Å². The van der Waals surface area contributed by atoms with Crippen molar-refractivity contribution in [2.24, 2.45) is 0 Å². The molecule has 134 valence electrons. The fourth-order valence-electron chi connectivity index (χ4n) is 2.63. The lowest BCUT2D eigenvalue weighted by Gasteiger charge is -2.21. The number of nitrogens with one attached hydrogen (secondary N) is 2. The van der Waals surface area contributed by atoms with Gasteiger partial charge in [-0.2, -0.15) is 0 Å². The van der Waals surface area contributed by atoms with Crippen LogP contribution in [-0.2, 0) is 0 Å². The van der Waals surface area contributed by atoms with E-state index in [0.29, 0.717) is 26.8 Å². The van der Waals surface area contributed by atoms with Crippen molar-refractivity contribution in [2.45, 2.75) is 45.6 Å². The number of hydrogen-bond acceptors (Lipinski definition) is 1. The second-order valence-corrected chi connectivity index (χ2v) is 7.33. The van der Waals surface area contributed by atoms with Crippen molar-refractivity contribution in [2.75, 3.05) is 5.32 Å². The molecule has 0 saturated carbocycles. The Labute approximate surface area is 165 Å². The summed E-state index contributed by atoms with van der Waals surface area (Å²) in [4.78, 5) is 0. The first-order valence-corrected chi connectivity index (χ1v) is 9.74. The smallest absolute Gasteiger partial charge is 0.171 e. The van der Waals surface area contributed by atoms with Crippen molar-refractivity contribution >= 4 is 46.2 Å². The highest BCUT2D eigenvalue weighted by Crippen LogP contribution is 2.29. The fourth-order valence-corrected chi connectivity index (χ4v) is 3.23. The Kier molecular flexibility index (Phi) is 7.55. The van der Waals surface area contributed by atoms with E-state index in [0.717, 1.165) is 12.8 Å². The number of anilines is 1. The van der Waals surface area contributed by atoms with Gasteiger partial charge in [0.15, 0.2) is 5.11 Å². The largest absolute Gasteiger partial charge is 0.356 e. The average molecular weight is 395 g/mol. The van der Waals surface area contributed by atoms with Crippen LogP contribution in [0.15, 0.2) is 42.5 Å². The van der Waals surface area contributed by atoms with Gasteiger partial charge in [0, 0.05) is 0 Å². The molecule has 0 heterocycles. The Balaban J connectivity index is 2.06. The summed E-state index contributed by atoms with van der Waals surface area (Å²) in [5.41, 5.74) is 3.29. The van der Waals surface area contributed by atoms with Crippen LogP contribution in [0.3, 0.4) is 0 Å². The highest BCUT2D eigenvalue weighted by Gasteiger charge is 2.13. The van der Waals surface area contributed by atoms with E-state index >= 15 is 0 Å². The fraction of sp³-hybridized carbons (Fsp3) is 0.350. The summed E-state index contributed by atoms with van der Waals surface area (Å²) in [7, 11) is 0. The molecule has 2 rings (SSSR count). The van der Waals surface area contributed by atoms with Gasteiger partial charge >= 0.3 is 0 Å². The maximum atomic E-state index is 6.20. The molecule has 2 N–H and O–H groups in total. The van der Waals surface area contributed by atoms with Gasteiger partial charge < -0.3 is 10.6 Å². The normalized spacial score (nSPS) is 13.2. The molecule has 0 unspecified atom stereocenters. The van der Waals surface area contributed by atoms with Crippen LogP contribution in [0.5, 0.6) is 0 Å². The van der Waals surface area contributed by atoms with E-state index in [1.165, 1.54) is 11.1 Å². The molecule has 0 spiro atoms. The molecule has 0 aliphatic carbocycles. The molecular formula is C20H24Cl2N2S. The van der Waals surface area contributed by atoms with Crippen molar-refractivity contribution in [3.05, 3.63) is 63.6 Å². The first-order chi connectivity index (χ1) is 12.0. The van der Waals surface area contributed by atoms with E-state index in [4.69, 9.17) is 35.4 Å². The lowest BCUT2D eigenvalue weighted by molar-refractivity contribution is 0.628. The Hall–Kier alpha value is -1.29. The van der Waals surface area contributed by atoms with Crippen LogP contribution in [-0.4, -0.2) is 5.11 Å². The molecule has 2 aromatic carbocycles. The quantitative estimate of drug-likeness (QED) is 0.518. The SMILES string of the molecule is CC[C@H](NC(=S)Nc1cccc(Cl)c1Cl)c1ccc([C@@H](C)CC)cc1. The first kappa shape index (κ1) is 20.0. The Morgan fingerprint density at radius 1 is 1.00 bits per heavy atom. The van der Waals surface area contributed by atoms with E-state index in [9.17, 15) is 0 Å². The van der Waals surface area contributed by atoms with Gasteiger partial charge in [0.05, 0.1) is 21.8 Å². The summed E-state index contributed by atoms with van der Waals surface area (Å²) < 4.78 is 0. The zero-order valence-electron chi connectivity index (χ0n) is 14.8. The minimum Gasteiger partial charge on any atom is -0.356 e. The average Bonchev–Trinajstić information content (AvgIpc) is 2.63. The van der Waals surface area contributed by atoms with E-state index in [2.05, 4.69) is 55.7 Å². The predicted molar refractivity (Wildman–Crippen MR) is 114 cm³/mol. The van der Waals surface area contributed by atoms with Crippen LogP contribution in [0.25, 0.3) is 0 Å². The lowest BCUT2D eigenvalue weighted by atomic mass is 9.95. The molecule has 0 aliphatic rings. The zero-order valence-corrected chi connectivity index (χ0v) is 17.1. The second-order valence-electron chi connectivity index (χ2n) is 6.14. The number of halogens is 2. The maximum absolute atomic E-state index is 6.20. The van der Waals surface area contributed by atoms with Crippen molar-refractivity contribution in [1.82, 2.24) is 5.32 Å². The monoisotopic (exact) mass is 394 g/mol. The van der Waals surface area contributed by atoms with Crippen LogP contribution in [0, 0.1) is 0 Å². The minimum atomic E-state index is 0.143. The van der Waals surface area contributed by atoms with Crippen LogP contribution in [0.1, 0.15) is 56.7 Å². The molecule has 0 fully saturated rings. The third-order valence-corrected chi connectivity index (χ3v) is 5.47. The second kappa shape index (κ2) is 9.42. The molecule has 5 heteroatoms. The molecule has 0 radical (unpaired) electrons. The third-order valence-electron chi connectivity index (χ3n) is 4.43. The van der Waals surface area contributed by atoms with Gasteiger partial charge in [-0.3, -0.25) is 0 Å². The van der Waals surface area contributed by atoms with Crippen molar-refractivity contribution in [3.63, 3.8) is 0 Å². The van der Waals surface area contributed by atoms with Crippen LogP contribution < -0.4 is 10.6 Å². The van der Waals surface area contributed by atoms with Gasteiger partial charge in [-0.15, -0.1) is 0 Å². The molecule has 2 atom stereocenters. The minimum absolute atomic E-state index is 0.143. The predicted octanol–water partition coefficient (Wildman–Crippen LogP) is 6.94. The van der Waals surface area contributed by atoms with E-state index in [1.54, 1.807) is 6.07 Å². The van der Waals surface area contributed by atoms with Gasteiger partial charge in [0.2, 0.25) is 0 Å². The topological polar surface area (TPSA) is 24.1 Å². The number of rotatable bonds is 6. The highest BCUT2D eigenvalue weighted by molar-refractivity contribution is 7.80. The lowest BCUT2D eigenvalue weighted by Crippen LogP contribution is -2.32. The molecule has 0 aliphatic heterocycles. The molecule has 0 aromatic heterocycles. The molecule has 2 aromatic rings. The number of thiocarbonyl (C=S) groups is 1. The molecule has 0 saturated heterocycles. The van der Waals surface area contributed by atoms with Crippen LogP contribution in [0.2, 0.25) is 10.0 Å². The van der Waals surface area contributed by atoms with Gasteiger partial charge in [-0.25, -0.2) is 0 Å². The zero-order chi connectivity index (χ0) is 18.4. The van der Waals surface area contributed by atoms with Gasteiger partial charge in [0.25, 0.3) is 0 Å². The van der Waals surface area contributed by atoms with Gasteiger partial charge in [0.1, 0.15) is 0 Å². The summed E-state index contributed by atoms with van der Waals surface area (Å²) in [5, 5.41) is 7.99. The number of hydrogen-bond donors (Lipinski definition) is 2. The van der Waals surface area contributed by atoms with E-state index in [-0.39, 0.29) is 6.04 Å². The standard InChI is InChI=1S/C20H24Cl2N2S/c1-4-13(3)14-9-11-15(12-10-14)17(5-2)23-20(25)24-18-8-6-7-16(21)19(18)22/h6-13,17H,4-5H2,1-3H3,(H2,23,24,25)/t13-,17-/m0/s1. The molecule has 0 bridgehead atoms. The Morgan fingerprint density at radius 3 is 2.24 bits per heavy atom. The van der Waals surface area contributed by atoms with Gasteiger partial charge in [-0.1, -0.05) is 74.3 Å². The summed E-state index contributed by atoms with van der Waals surface area (Å²) in [6, 6.07) is 14.3. The molecular weight excluding hydrogens is 371 g/mol. The maximum Gasteiger partial charge on any atom is 0.171 e.